The number of para-hydroxylation sites is 1. The van der Waals surface area contributed by atoms with Gasteiger partial charge in [-0.1, -0.05) is 60.7 Å². The van der Waals surface area contributed by atoms with Crippen molar-refractivity contribution in [2.24, 2.45) is 0 Å². The summed E-state index contributed by atoms with van der Waals surface area (Å²) in [5.41, 5.74) is 6.57. The van der Waals surface area contributed by atoms with E-state index < -0.39 is 0 Å². The highest BCUT2D eigenvalue weighted by atomic mass is 16.2. The Hall–Kier alpha value is -4.12. The van der Waals surface area contributed by atoms with Crippen LogP contribution in [-0.4, -0.2) is 38.7 Å². The number of H-pyrrole nitrogens is 1. The molecule has 0 aliphatic carbocycles. The lowest BCUT2D eigenvalue weighted by molar-refractivity contribution is 0.0714. The van der Waals surface area contributed by atoms with E-state index in [4.69, 9.17) is 0 Å². The molecule has 0 unspecified atom stereocenters. The zero-order valence-electron chi connectivity index (χ0n) is 19.6. The molecule has 6 rings (SSSR count). The average Bonchev–Trinajstić information content (AvgIpc) is 3.59. The summed E-state index contributed by atoms with van der Waals surface area (Å²) in [6.45, 7) is 2.29. The SMILES string of the molecule is O=C(c1ccccc1-c1ccc(Cn2cccn2)cc1)N1CCC(c2c[nH]c3ccccc23)CC1. The fourth-order valence-electron chi connectivity index (χ4n) is 5.29. The van der Waals surface area contributed by atoms with Crippen molar-refractivity contribution >= 4 is 16.8 Å². The average molecular weight is 461 g/mol. The molecule has 174 valence electrons. The molecule has 5 aromatic rings. The molecule has 0 spiro atoms. The highest BCUT2D eigenvalue weighted by molar-refractivity contribution is 6.01. The van der Waals surface area contributed by atoms with Crippen LogP contribution in [0.4, 0.5) is 0 Å². The minimum Gasteiger partial charge on any atom is -0.361 e. The predicted molar refractivity (Wildman–Crippen MR) is 139 cm³/mol. The lowest BCUT2D eigenvalue weighted by Gasteiger charge is -2.32. The molecule has 0 saturated carbocycles. The summed E-state index contributed by atoms with van der Waals surface area (Å²) in [7, 11) is 0. The first-order valence-electron chi connectivity index (χ1n) is 12.3. The Labute approximate surface area is 205 Å². The Kier molecular flexibility index (Phi) is 5.67. The highest BCUT2D eigenvalue weighted by Gasteiger charge is 2.27. The van der Waals surface area contributed by atoms with Crippen molar-refractivity contribution in [1.82, 2.24) is 19.7 Å². The third-order valence-corrected chi connectivity index (χ3v) is 7.17. The van der Waals surface area contributed by atoms with Gasteiger partial charge >= 0.3 is 0 Å². The molecule has 3 heterocycles. The fourth-order valence-corrected chi connectivity index (χ4v) is 5.29. The van der Waals surface area contributed by atoms with Gasteiger partial charge in [0.25, 0.3) is 5.91 Å². The maximum atomic E-state index is 13.6. The predicted octanol–water partition coefficient (Wildman–Crippen LogP) is 6.10. The van der Waals surface area contributed by atoms with E-state index in [0.717, 1.165) is 49.2 Å². The third-order valence-electron chi connectivity index (χ3n) is 7.17. The highest BCUT2D eigenvalue weighted by Crippen LogP contribution is 2.34. The Morgan fingerprint density at radius 2 is 1.69 bits per heavy atom. The van der Waals surface area contributed by atoms with Gasteiger partial charge in [0.2, 0.25) is 0 Å². The van der Waals surface area contributed by atoms with Gasteiger partial charge in [-0.05, 0) is 59.2 Å². The van der Waals surface area contributed by atoms with Gasteiger partial charge in [0.15, 0.2) is 0 Å². The number of carbonyl (C=O) groups excluding carboxylic acids is 1. The van der Waals surface area contributed by atoms with Gasteiger partial charge in [-0.25, -0.2) is 0 Å². The summed E-state index contributed by atoms with van der Waals surface area (Å²) >= 11 is 0. The lowest BCUT2D eigenvalue weighted by atomic mass is 9.88. The Morgan fingerprint density at radius 3 is 2.49 bits per heavy atom. The summed E-state index contributed by atoms with van der Waals surface area (Å²) in [6, 6.07) is 26.8. The molecule has 1 aliphatic rings. The van der Waals surface area contributed by atoms with E-state index in [-0.39, 0.29) is 5.91 Å². The van der Waals surface area contributed by atoms with Gasteiger partial charge in [0, 0.05) is 48.1 Å². The second-order valence-corrected chi connectivity index (χ2v) is 9.30. The van der Waals surface area contributed by atoms with Crippen molar-refractivity contribution in [3.05, 3.63) is 114 Å². The normalized spacial score (nSPS) is 14.5. The molecule has 1 saturated heterocycles. The Bertz CT molecular complexity index is 1440. The number of hydrogen-bond acceptors (Lipinski definition) is 2. The molecular formula is C30H28N4O. The molecule has 0 radical (unpaired) electrons. The molecule has 1 amide bonds. The topological polar surface area (TPSA) is 53.9 Å². The molecule has 0 bridgehead atoms. The smallest absolute Gasteiger partial charge is 0.254 e. The third kappa shape index (κ3) is 4.26. The van der Waals surface area contributed by atoms with E-state index in [0.29, 0.717) is 5.92 Å². The van der Waals surface area contributed by atoms with Crippen molar-refractivity contribution in [1.29, 1.82) is 0 Å². The number of fused-ring (bicyclic) bond motifs is 1. The van der Waals surface area contributed by atoms with Gasteiger partial charge in [0.05, 0.1) is 6.54 Å². The van der Waals surface area contributed by atoms with Gasteiger partial charge in [-0.3, -0.25) is 9.48 Å². The van der Waals surface area contributed by atoms with Crippen LogP contribution in [0.15, 0.2) is 97.5 Å². The van der Waals surface area contributed by atoms with E-state index in [1.54, 1.807) is 6.20 Å². The van der Waals surface area contributed by atoms with Gasteiger partial charge < -0.3 is 9.88 Å². The molecule has 5 nitrogen and oxygen atoms in total. The zero-order valence-corrected chi connectivity index (χ0v) is 19.6. The van der Waals surface area contributed by atoms with Crippen LogP contribution in [0.1, 0.15) is 40.2 Å². The first-order chi connectivity index (χ1) is 17.3. The molecule has 1 fully saturated rings. The second-order valence-electron chi connectivity index (χ2n) is 9.30. The van der Waals surface area contributed by atoms with E-state index in [1.807, 2.05) is 40.0 Å². The van der Waals surface area contributed by atoms with Crippen molar-refractivity contribution < 1.29 is 4.79 Å². The second kappa shape index (κ2) is 9.26. The lowest BCUT2D eigenvalue weighted by Crippen LogP contribution is -2.38. The minimum absolute atomic E-state index is 0.124. The number of aromatic amines is 1. The van der Waals surface area contributed by atoms with Crippen molar-refractivity contribution in [3.63, 3.8) is 0 Å². The van der Waals surface area contributed by atoms with Crippen molar-refractivity contribution in [2.45, 2.75) is 25.3 Å². The molecule has 35 heavy (non-hydrogen) atoms. The van der Waals surface area contributed by atoms with Crippen LogP contribution in [0, 0.1) is 0 Å². The number of amides is 1. The molecular weight excluding hydrogens is 432 g/mol. The van der Waals surface area contributed by atoms with Gasteiger partial charge in [-0.2, -0.15) is 5.10 Å². The number of hydrogen-bond donors (Lipinski definition) is 1. The fraction of sp³-hybridized carbons (Fsp3) is 0.200. The van der Waals surface area contributed by atoms with Crippen molar-refractivity contribution in [2.75, 3.05) is 13.1 Å². The van der Waals surface area contributed by atoms with E-state index in [2.05, 4.69) is 70.9 Å². The number of benzene rings is 3. The maximum Gasteiger partial charge on any atom is 0.254 e. The number of nitrogens with zero attached hydrogens (tertiary/aromatic N) is 3. The van der Waals surface area contributed by atoms with E-state index in [9.17, 15) is 4.79 Å². The van der Waals surface area contributed by atoms with E-state index >= 15 is 0 Å². The molecule has 5 heteroatoms. The monoisotopic (exact) mass is 460 g/mol. The standard InChI is InChI=1S/C30H28N4O/c35-30(33-18-14-24(15-19-33)28-20-31-29-9-4-3-7-26(28)29)27-8-2-1-6-25(27)23-12-10-22(11-13-23)21-34-17-5-16-32-34/h1-13,16-17,20,24,31H,14-15,18-19,21H2. The molecule has 1 N–H and O–H groups in total. The van der Waals surface area contributed by atoms with Gasteiger partial charge in [0.1, 0.15) is 0 Å². The summed E-state index contributed by atoms with van der Waals surface area (Å²) in [5, 5.41) is 5.59. The van der Waals surface area contributed by atoms with Crippen LogP contribution in [0.25, 0.3) is 22.0 Å². The van der Waals surface area contributed by atoms with Crippen LogP contribution in [-0.2, 0) is 6.54 Å². The van der Waals surface area contributed by atoms with Crippen LogP contribution >= 0.6 is 0 Å². The van der Waals surface area contributed by atoms with Gasteiger partial charge in [-0.15, -0.1) is 0 Å². The zero-order chi connectivity index (χ0) is 23.6. The minimum atomic E-state index is 0.124. The molecule has 0 atom stereocenters. The molecule has 2 aromatic heterocycles. The van der Waals surface area contributed by atoms with Crippen LogP contribution in [0.2, 0.25) is 0 Å². The quantitative estimate of drug-likeness (QED) is 0.345. The maximum absolute atomic E-state index is 13.6. The Morgan fingerprint density at radius 1 is 0.914 bits per heavy atom. The summed E-state index contributed by atoms with van der Waals surface area (Å²) in [6.07, 6.45) is 7.87. The molecule has 3 aromatic carbocycles. The molecule has 1 aliphatic heterocycles. The summed E-state index contributed by atoms with van der Waals surface area (Å²) in [4.78, 5) is 19.0. The number of piperidine rings is 1. The first-order valence-corrected chi connectivity index (χ1v) is 12.3. The van der Waals surface area contributed by atoms with E-state index in [1.165, 1.54) is 22.0 Å². The summed E-state index contributed by atoms with van der Waals surface area (Å²) < 4.78 is 1.91. The number of rotatable bonds is 5. The van der Waals surface area contributed by atoms with Crippen LogP contribution in [0.5, 0.6) is 0 Å². The van der Waals surface area contributed by atoms with Crippen LogP contribution < -0.4 is 0 Å². The number of aromatic nitrogens is 3. The summed E-state index contributed by atoms with van der Waals surface area (Å²) in [5.74, 6) is 0.603. The van der Waals surface area contributed by atoms with Crippen LogP contribution in [0.3, 0.4) is 0 Å². The number of carbonyl (C=O) groups is 1. The number of likely N-dealkylation sites (tertiary alicyclic amines) is 1. The number of nitrogens with one attached hydrogen (secondary N) is 1. The first kappa shape index (κ1) is 21.4. The Balaban J connectivity index is 1.17. The van der Waals surface area contributed by atoms with Crippen molar-refractivity contribution in [3.8, 4) is 11.1 Å². The largest absolute Gasteiger partial charge is 0.361 e.